The Morgan fingerprint density at radius 3 is 2.57 bits per heavy atom. The molecule has 2 aliphatic heterocycles. The number of morpholine rings is 1. The van der Waals surface area contributed by atoms with Gasteiger partial charge in [-0.3, -0.25) is 9.80 Å². The van der Waals surface area contributed by atoms with Crippen molar-refractivity contribution in [3.05, 3.63) is 46.4 Å². The summed E-state index contributed by atoms with van der Waals surface area (Å²) in [5, 5.41) is 14.0. The van der Waals surface area contributed by atoms with Crippen molar-refractivity contribution in [2.75, 3.05) is 40.5 Å². The van der Waals surface area contributed by atoms with Gasteiger partial charge in [0, 0.05) is 30.8 Å². The van der Waals surface area contributed by atoms with Gasteiger partial charge in [0.05, 0.1) is 45.0 Å². The van der Waals surface area contributed by atoms with E-state index >= 15 is 0 Å². The minimum Gasteiger partial charge on any atom is -0.493 e. The molecular formula is C22H26N4O4. The molecule has 158 valence electrons. The largest absolute Gasteiger partial charge is 0.493 e. The van der Waals surface area contributed by atoms with Crippen molar-refractivity contribution in [1.29, 1.82) is 5.26 Å². The molecule has 1 atom stereocenters. The van der Waals surface area contributed by atoms with Crippen LogP contribution >= 0.6 is 0 Å². The second-order valence-electron chi connectivity index (χ2n) is 7.47. The van der Waals surface area contributed by atoms with Gasteiger partial charge < -0.3 is 19.9 Å². The maximum atomic E-state index is 13.1. The highest BCUT2D eigenvalue weighted by Gasteiger charge is 2.42. The summed E-state index contributed by atoms with van der Waals surface area (Å²) in [6.45, 7) is 2.49. The molecule has 1 aromatic rings. The van der Waals surface area contributed by atoms with Crippen LogP contribution < -0.4 is 15.2 Å². The van der Waals surface area contributed by atoms with E-state index < -0.39 is 5.92 Å². The smallest absolute Gasteiger partial charge is 0.161 e. The van der Waals surface area contributed by atoms with Crippen LogP contribution in [-0.2, 0) is 9.53 Å². The normalized spacial score (nSPS) is 22.6. The van der Waals surface area contributed by atoms with E-state index in [2.05, 4.69) is 11.1 Å². The lowest BCUT2D eigenvalue weighted by Crippen LogP contribution is -2.52. The lowest BCUT2D eigenvalue weighted by atomic mass is 9.76. The van der Waals surface area contributed by atoms with Gasteiger partial charge in [0.25, 0.3) is 0 Å². The predicted octanol–water partition coefficient (Wildman–Crippen LogP) is 2.05. The predicted molar refractivity (Wildman–Crippen MR) is 109 cm³/mol. The summed E-state index contributed by atoms with van der Waals surface area (Å²) >= 11 is 0. The molecule has 0 aromatic heterocycles. The van der Waals surface area contributed by atoms with Crippen LogP contribution in [0.2, 0.25) is 0 Å². The van der Waals surface area contributed by atoms with Crippen molar-refractivity contribution in [3.8, 4) is 17.6 Å². The van der Waals surface area contributed by atoms with Crippen molar-refractivity contribution in [3.63, 3.8) is 0 Å². The Morgan fingerprint density at radius 2 is 1.90 bits per heavy atom. The summed E-state index contributed by atoms with van der Waals surface area (Å²) in [7, 11) is 3.14. The Balaban J connectivity index is 1.88. The molecule has 2 N–H and O–H groups in total. The number of carbonyl (C=O) groups is 1. The van der Waals surface area contributed by atoms with Gasteiger partial charge in [-0.25, -0.2) is 5.01 Å². The number of allylic oxidation sites excluding steroid dienone is 3. The van der Waals surface area contributed by atoms with Crippen molar-refractivity contribution in [2.24, 2.45) is 5.73 Å². The Hall–Kier alpha value is -3.02. The van der Waals surface area contributed by atoms with E-state index in [1.165, 1.54) is 0 Å². The molecule has 0 bridgehead atoms. The standard InChI is InChI=1S/C22H26N4O4/c1-28-18-7-6-14(12-19(18)29-2)20-15(13-23)22(24)26(25-8-10-30-11-9-25)16-4-3-5-17(27)21(16)20/h6-7,12,20H,3-5,8-11,24H2,1-2H3. The van der Waals surface area contributed by atoms with Gasteiger partial charge in [0.2, 0.25) is 0 Å². The van der Waals surface area contributed by atoms with Crippen molar-refractivity contribution >= 4 is 5.78 Å². The van der Waals surface area contributed by atoms with Crippen LogP contribution in [0.15, 0.2) is 40.9 Å². The summed E-state index contributed by atoms with van der Waals surface area (Å²) in [6, 6.07) is 7.77. The summed E-state index contributed by atoms with van der Waals surface area (Å²) in [6.07, 6.45) is 1.98. The number of nitrogens with two attached hydrogens (primary N) is 1. The topological polar surface area (TPSA) is 101 Å². The van der Waals surface area contributed by atoms with Crippen LogP contribution in [0.3, 0.4) is 0 Å². The molecule has 1 aromatic carbocycles. The zero-order chi connectivity index (χ0) is 21.3. The number of methoxy groups -OCH3 is 2. The zero-order valence-electron chi connectivity index (χ0n) is 17.3. The van der Waals surface area contributed by atoms with Gasteiger partial charge in [0.15, 0.2) is 17.3 Å². The second kappa shape index (κ2) is 8.38. The van der Waals surface area contributed by atoms with Gasteiger partial charge in [-0.15, -0.1) is 0 Å². The molecule has 0 saturated carbocycles. The molecule has 0 amide bonds. The molecule has 0 radical (unpaired) electrons. The third-order valence-corrected chi connectivity index (χ3v) is 5.90. The number of rotatable bonds is 4. The van der Waals surface area contributed by atoms with E-state index in [9.17, 15) is 10.1 Å². The molecule has 1 fully saturated rings. The maximum absolute atomic E-state index is 13.1. The van der Waals surface area contributed by atoms with Gasteiger partial charge in [0.1, 0.15) is 5.82 Å². The van der Waals surface area contributed by atoms with E-state index in [1.807, 2.05) is 17.1 Å². The first kappa shape index (κ1) is 20.3. The van der Waals surface area contributed by atoms with Gasteiger partial charge in [-0.1, -0.05) is 6.07 Å². The molecule has 1 saturated heterocycles. The first-order valence-corrected chi connectivity index (χ1v) is 10.1. The first-order valence-electron chi connectivity index (χ1n) is 10.1. The highest BCUT2D eigenvalue weighted by atomic mass is 16.5. The van der Waals surface area contributed by atoms with E-state index in [-0.39, 0.29) is 5.78 Å². The number of hydrazine groups is 1. The molecule has 8 nitrogen and oxygen atoms in total. The number of carbonyl (C=O) groups excluding carboxylic acids is 1. The van der Waals surface area contributed by atoms with Crippen LogP contribution in [0.4, 0.5) is 0 Å². The summed E-state index contributed by atoms with van der Waals surface area (Å²) in [5.74, 6) is 1.07. The van der Waals surface area contributed by atoms with Gasteiger partial charge in [-0.05, 0) is 30.5 Å². The average Bonchev–Trinajstić information content (AvgIpc) is 2.78. The van der Waals surface area contributed by atoms with Crippen molar-refractivity contribution in [2.45, 2.75) is 25.2 Å². The van der Waals surface area contributed by atoms with Crippen molar-refractivity contribution in [1.82, 2.24) is 10.0 Å². The van der Waals surface area contributed by atoms with E-state index in [1.54, 1.807) is 20.3 Å². The maximum Gasteiger partial charge on any atom is 0.161 e. The summed E-state index contributed by atoms with van der Waals surface area (Å²) in [5.41, 5.74) is 9.29. The first-order chi connectivity index (χ1) is 14.6. The lowest BCUT2D eigenvalue weighted by molar-refractivity contribution is -0.117. The highest BCUT2D eigenvalue weighted by Crippen LogP contribution is 2.46. The lowest BCUT2D eigenvalue weighted by Gasteiger charge is -2.45. The SMILES string of the molecule is COc1ccc(C2C(C#N)=C(N)N(N3CCOCC3)C3=C2C(=O)CCC3)cc1OC. The number of benzene rings is 1. The Kier molecular flexibility index (Phi) is 5.66. The Bertz CT molecular complexity index is 956. The third kappa shape index (κ3) is 3.30. The number of ketones is 1. The number of nitriles is 1. The van der Waals surface area contributed by atoms with Crippen molar-refractivity contribution < 1.29 is 19.0 Å². The molecule has 4 rings (SSSR count). The second-order valence-corrected chi connectivity index (χ2v) is 7.47. The molecule has 0 spiro atoms. The van der Waals surface area contributed by atoms with Crippen LogP contribution in [0, 0.1) is 11.3 Å². The third-order valence-electron chi connectivity index (χ3n) is 5.90. The minimum atomic E-state index is -0.519. The quantitative estimate of drug-likeness (QED) is 0.805. The summed E-state index contributed by atoms with van der Waals surface area (Å²) < 4.78 is 16.3. The van der Waals surface area contributed by atoms with E-state index in [0.29, 0.717) is 61.2 Å². The molecule has 1 unspecified atom stereocenters. The fourth-order valence-corrected chi connectivity index (χ4v) is 4.51. The van der Waals surface area contributed by atoms with E-state index in [4.69, 9.17) is 19.9 Å². The van der Waals surface area contributed by atoms with Gasteiger partial charge >= 0.3 is 0 Å². The fourth-order valence-electron chi connectivity index (χ4n) is 4.51. The number of hydrogen-bond acceptors (Lipinski definition) is 8. The molecule has 2 heterocycles. The summed E-state index contributed by atoms with van der Waals surface area (Å²) in [4.78, 5) is 13.1. The van der Waals surface area contributed by atoms with Crippen LogP contribution in [0.5, 0.6) is 11.5 Å². The molecule has 30 heavy (non-hydrogen) atoms. The number of hydrogen-bond donors (Lipinski definition) is 1. The Morgan fingerprint density at radius 1 is 1.17 bits per heavy atom. The molecule has 1 aliphatic carbocycles. The molecule has 3 aliphatic rings. The van der Waals surface area contributed by atoms with E-state index in [0.717, 1.165) is 24.1 Å². The number of ether oxygens (including phenoxy) is 3. The average molecular weight is 410 g/mol. The Labute approximate surface area is 176 Å². The van der Waals surface area contributed by atoms with Gasteiger partial charge in [-0.2, -0.15) is 5.26 Å². The zero-order valence-corrected chi connectivity index (χ0v) is 17.3. The van der Waals surface area contributed by atoms with Crippen LogP contribution in [0.25, 0.3) is 0 Å². The highest BCUT2D eigenvalue weighted by molar-refractivity contribution is 5.99. The number of Topliss-reactive ketones (excluding diaryl/α,β-unsaturated/α-hetero) is 1. The minimum absolute atomic E-state index is 0.0644. The fraction of sp³-hybridized carbons (Fsp3) is 0.455. The monoisotopic (exact) mass is 410 g/mol. The number of nitrogens with zero attached hydrogens (tertiary/aromatic N) is 3. The van der Waals surface area contributed by atoms with Crippen LogP contribution in [0.1, 0.15) is 30.7 Å². The van der Waals surface area contributed by atoms with Crippen LogP contribution in [-0.4, -0.2) is 56.3 Å². The molecule has 8 heteroatoms. The molecular weight excluding hydrogens is 384 g/mol.